The summed E-state index contributed by atoms with van der Waals surface area (Å²) in [4.78, 5) is 199. The maximum absolute atomic E-state index is 14.6. The molecule has 1 aliphatic heterocycles. The van der Waals surface area contributed by atoms with Gasteiger partial charge in [0.05, 0.1) is 12.5 Å². The summed E-state index contributed by atoms with van der Waals surface area (Å²) in [6.07, 6.45) is -2.94. The van der Waals surface area contributed by atoms with Crippen molar-refractivity contribution in [3.8, 4) is 5.75 Å². The molecule has 1 heterocycles. The van der Waals surface area contributed by atoms with E-state index >= 15 is 0 Å². The Balaban J connectivity index is 2.60. The number of guanidine groups is 2. The highest BCUT2D eigenvalue weighted by Gasteiger charge is 2.41. The average molecular weight is 1390 g/mol. The molecule has 0 spiro atoms. The van der Waals surface area contributed by atoms with Gasteiger partial charge in [0.1, 0.15) is 66.2 Å². The number of rotatable bonds is 46. The predicted octanol–water partition coefficient (Wildman–Crippen LogP) is -5.35. The van der Waals surface area contributed by atoms with Gasteiger partial charge >= 0.3 is 17.9 Å². The summed E-state index contributed by atoms with van der Waals surface area (Å²) in [5.41, 5.74) is 39.7. The zero-order valence-electron chi connectivity index (χ0n) is 56.1. The highest BCUT2D eigenvalue weighted by molar-refractivity contribution is 6.00. The molecule has 1 aromatic rings. The van der Waals surface area contributed by atoms with E-state index in [9.17, 15) is 87.5 Å². The van der Waals surface area contributed by atoms with Crippen molar-refractivity contribution in [2.75, 3.05) is 26.2 Å². The number of phenols is 1. The van der Waals surface area contributed by atoms with Crippen LogP contribution in [0.3, 0.4) is 0 Å². The van der Waals surface area contributed by atoms with Gasteiger partial charge in [-0.1, -0.05) is 46.2 Å². The van der Waals surface area contributed by atoms with E-state index in [1.54, 1.807) is 27.7 Å². The van der Waals surface area contributed by atoms with Crippen molar-refractivity contribution in [3.63, 3.8) is 0 Å². The first kappa shape index (κ1) is 84.1. The number of aromatic hydroxyl groups is 1. The van der Waals surface area contributed by atoms with Gasteiger partial charge in [0.15, 0.2) is 11.9 Å². The molecule has 0 bridgehead atoms. The van der Waals surface area contributed by atoms with Crippen molar-refractivity contribution in [3.05, 3.63) is 29.8 Å². The van der Waals surface area contributed by atoms with Crippen molar-refractivity contribution in [2.45, 2.75) is 210 Å². The number of phenolic OH excluding ortho intramolecular Hbond substituents is 1. The molecule has 12 atom stereocenters. The third-order valence-corrected chi connectivity index (χ3v) is 15.7. The number of nitrogens with one attached hydrogen (secondary N) is 9. The summed E-state index contributed by atoms with van der Waals surface area (Å²) >= 11 is 0. The Labute approximate surface area is 567 Å². The van der Waals surface area contributed by atoms with Crippen molar-refractivity contribution in [1.29, 1.82) is 0 Å². The molecule has 1 fully saturated rings. The zero-order chi connectivity index (χ0) is 73.9. The van der Waals surface area contributed by atoms with Gasteiger partial charge < -0.3 is 113 Å². The molecular formula is C61H101N19O18. The normalized spacial score (nSPS) is 16.0. The molecule has 0 saturated carbocycles. The second-order valence-electron chi connectivity index (χ2n) is 24.4. The van der Waals surface area contributed by atoms with Crippen LogP contribution in [0, 0.1) is 11.8 Å². The van der Waals surface area contributed by atoms with Gasteiger partial charge in [-0.05, 0) is 120 Å². The Morgan fingerprint density at radius 2 is 0.980 bits per heavy atom. The molecule has 1 aliphatic rings. The third-order valence-electron chi connectivity index (χ3n) is 15.7. The molecule has 11 amide bonds. The highest BCUT2D eigenvalue weighted by Crippen LogP contribution is 2.22. The second-order valence-corrected chi connectivity index (χ2v) is 24.4. The molecule has 1 saturated heterocycles. The van der Waals surface area contributed by atoms with E-state index in [4.69, 9.17) is 40.1 Å². The number of carboxylic acid groups (broad SMARTS) is 3. The van der Waals surface area contributed by atoms with Crippen LogP contribution in [-0.2, 0) is 73.5 Å². The maximum atomic E-state index is 14.6. The monoisotopic (exact) mass is 1390 g/mol. The fourth-order valence-corrected chi connectivity index (χ4v) is 10.2. The first-order valence-corrected chi connectivity index (χ1v) is 32.4. The van der Waals surface area contributed by atoms with Crippen molar-refractivity contribution >= 4 is 94.8 Å². The molecule has 37 heteroatoms. The van der Waals surface area contributed by atoms with E-state index in [1.165, 1.54) is 31.2 Å². The number of hydrogen-bond donors (Lipinski definition) is 20. The van der Waals surface area contributed by atoms with Gasteiger partial charge in [-0.2, -0.15) is 0 Å². The van der Waals surface area contributed by atoms with Crippen LogP contribution in [0.1, 0.15) is 143 Å². The van der Waals surface area contributed by atoms with E-state index in [1.807, 2.05) is 0 Å². The lowest BCUT2D eigenvalue weighted by molar-refractivity contribution is -0.143. The van der Waals surface area contributed by atoms with E-state index in [2.05, 4.69) is 57.8 Å². The van der Waals surface area contributed by atoms with Crippen LogP contribution in [0.15, 0.2) is 34.3 Å². The fourth-order valence-electron chi connectivity index (χ4n) is 10.2. The molecular weight excluding hydrogens is 1290 g/mol. The number of benzene rings is 1. The summed E-state index contributed by atoms with van der Waals surface area (Å²) in [6, 6.07) is -10.8. The molecule has 2 rings (SSSR count). The van der Waals surface area contributed by atoms with Crippen LogP contribution >= 0.6 is 0 Å². The summed E-state index contributed by atoms with van der Waals surface area (Å²) in [5, 5.41) is 61.5. The molecule has 98 heavy (non-hydrogen) atoms. The molecule has 1 aromatic carbocycles. The Morgan fingerprint density at radius 3 is 1.44 bits per heavy atom. The number of aliphatic carboxylic acids is 3. The number of unbranched alkanes of at least 4 members (excludes halogenated alkanes) is 1. The number of carboxylic acids is 3. The van der Waals surface area contributed by atoms with Gasteiger partial charge in [-0.3, -0.25) is 72.3 Å². The largest absolute Gasteiger partial charge is 0.508 e. The standard InChI is InChI=1S/C61H101N19O18/c1-6-32(4)48(57(95)74-36(12-7-8-24-62)51(89)76-41(29-34-16-18-35(81)19-17-34)54(92)78-43(59(97)98)28-31(2)3)79-55(93)42(30-45(64)82)77-52(90)38(14-10-26-70-61(67)68)71-50(88)37(13-9-25-69-60(65)66)72-53(91)39(20-22-46(83)84)73-56(94)44-15-11-27-80(44)58(96)40(21-23-47(85)86)75-49(87)33(5)63/h16-19,31-33,36-44,48,81H,6-15,20-30,62-63H2,1-5H3,(H2,64,82)(H,71,88)(H,72,91)(H,73,94)(H,74,95)(H,75,87)(H,76,89)(H,77,90)(H,78,92)(H,79,93)(H,83,84)(H,85,86)(H,97,98)(H4,65,66,69)(H4,67,68,70)/t32-,33-,36-,37-,38-,39-,40-,41-,42-,43-,44-,48-/m0/s1. The number of hydrogen-bond acceptors (Lipinski definition) is 19. The summed E-state index contributed by atoms with van der Waals surface area (Å²) in [6.45, 7) is 7.98. The van der Waals surface area contributed by atoms with Crippen LogP contribution in [0.2, 0.25) is 0 Å². The van der Waals surface area contributed by atoms with Crippen LogP contribution in [0.4, 0.5) is 0 Å². The van der Waals surface area contributed by atoms with E-state index in [0.29, 0.717) is 12.0 Å². The van der Waals surface area contributed by atoms with Crippen LogP contribution in [-0.4, -0.2) is 213 Å². The lowest BCUT2D eigenvalue weighted by atomic mass is 9.96. The summed E-state index contributed by atoms with van der Waals surface area (Å²) in [5.74, 6) is -16.6. The Hall–Kier alpha value is -9.94. The first-order chi connectivity index (χ1) is 46.1. The predicted molar refractivity (Wildman–Crippen MR) is 354 cm³/mol. The number of aliphatic imine (C=N–C) groups is 2. The van der Waals surface area contributed by atoms with Gasteiger partial charge in [-0.25, -0.2) is 4.79 Å². The van der Waals surface area contributed by atoms with Crippen molar-refractivity contribution in [1.82, 2.24) is 52.8 Å². The second kappa shape index (κ2) is 43.3. The molecule has 548 valence electrons. The lowest BCUT2D eigenvalue weighted by Gasteiger charge is -2.30. The highest BCUT2D eigenvalue weighted by atomic mass is 16.4. The molecule has 37 nitrogen and oxygen atoms in total. The number of carbonyl (C=O) groups excluding carboxylic acids is 11. The zero-order valence-corrected chi connectivity index (χ0v) is 56.1. The Morgan fingerprint density at radius 1 is 0.541 bits per heavy atom. The number of nitrogens with two attached hydrogens (primary N) is 7. The molecule has 0 radical (unpaired) electrons. The number of carbonyl (C=O) groups is 14. The van der Waals surface area contributed by atoms with Gasteiger partial charge in [0.25, 0.3) is 0 Å². The minimum atomic E-state index is -1.88. The van der Waals surface area contributed by atoms with Crippen molar-refractivity contribution in [2.24, 2.45) is 62.0 Å². The SMILES string of the molecule is CC[C@H](C)[C@H](NC(=O)[C@H](CC(N)=O)NC(=O)[C@H](CCCN=C(N)N)NC(=O)[C@H](CCCN=C(N)N)NC(=O)[C@H](CCC(=O)O)NC(=O)[C@@H]1CCCN1C(=O)[C@H](CCC(=O)O)NC(=O)[C@H](C)N)C(=O)N[C@@H](CCCCN)C(=O)N[C@@H](Cc1ccc(O)cc1)C(=O)N[C@@H](CC(C)C)C(=O)O. The maximum Gasteiger partial charge on any atom is 0.326 e. The summed E-state index contributed by atoms with van der Waals surface area (Å²) < 4.78 is 0. The number of amides is 11. The Bertz CT molecular complexity index is 2960. The van der Waals surface area contributed by atoms with Gasteiger partial charge in [0.2, 0.25) is 65.0 Å². The fraction of sp³-hybridized carbons (Fsp3) is 0.639. The van der Waals surface area contributed by atoms with Crippen molar-refractivity contribution < 1.29 is 87.5 Å². The first-order valence-electron chi connectivity index (χ1n) is 32.4. The molecule has 0 aliphatic carbocycles. The Kier molecular flexibility index (Phi) is 37.2. The number of nitrogens with zero attached hydrogens (tertiary/aromatic N) is 3. The number of primary amides is 1. The van der Waals surface area contributed by atoms with Gasteiger partial charge in [0, 0.05) is 38.9 Å². The van der Waals surface area contributed by atoms with Crippen LogP contribution in [0.25, 0.3) is 0 Å². The number of likely N-dealkylation sites (tertiary alicyclic amines) is 1. The molecule has 0 aromatic heterocycles. The minimum Gasteiger partial charge on any atom is -0.508 e. The van der Waals surface area contributed by atoms with Gasteiger partial charge in [-0.15, -0.1) is 0 Å². The summed E-state index contributed by atoms with van der Waals surface area (Å²) in [7, 11) is 0. The smallest absolute Gasteiger partial charge is 0.326 e. The average Bonchev–Trinajstić information content (AvgIpc) is 1.58. The minimum absolute atomic E-state index is 0.0152. The van der Waals surface area contributed by atoms with Crippen LogP contribution < -0.4 is 88.0 Å². The quantitative estimate of drug-likeness (QED) is 0.0165. The molecule has 0 unspecified atom stereocenters. The van der Waals surface area contributed by atoms with E-state index < -0.39 is 181 Å². The van der Waals surface area contributed by atoms with E-state index in [-0.39, 0.29) is 127 Å². The van der Waals surface area contributed by atoms with E-state index in [0.717, 1.165) is 4.90 Å². The molecule has 27 N–H and O–H groups in total. The topological polar surface area (TPSA) is 638 Å². The lowest BCUT2D eigenvalue weighted by Crippen LogP contribution is -2.61. The van der Waals surface area contributed by atoms with Crippen LogP contribution in [0.5, 0.6) is 5.75 Å². The third kappa shape index (κ3) is 31.3.